The van der Waals surface area contributed by atoms with E-state index in [0.29, 0.717) is 28.9 Å². The van der Waals surface area contributed by atoms with E-state index in [1.54, 1.807) is 6.26 Å². The van der Waals surface area contributed by atoms with Crippen LogP contribution in [0.1, 0.15) is 5.56 Å². The smallest absolute Gasteiger partial charge is 0.276 e. The van der Waals surface area contributed by atoms with Crippen molar-refractivity contribution in [1.29, 1.82) is 0 Å². The zero-order chi connectivity index (χ0) is 14.9. The molecule has 0 atom stereocenters. The average molecular weight is 292 g/mol. The largest absolute Gasteiger partial charge is 0.463 e. The molecule has 0 amide bonds. The van der Waals surface area contributed by atoms with Crippen LogP contribution in [-0.2, 0) is 0 Å². The number of aromatic amines is 1. The first-order valence-corrected chi connectivity index (χ1v) is 6.80. The third-order valence-electron chi connectivity index (χ3n) is 3.28. The van der Waals surface area contributed by atoms with Gasteiger partial charge in [0, 0.05) is 11.6 Å². The van der Waals surface area contributed by atoms with Crippen LogP contribution < -0.4 is 0 Å². The van der Waals surface area contributed by atoms with Crippen LogP contribution in [0.15, 0.2) is 57.7 Å². The zero-order valence-corrected chi connectivity index (χ0v) is 11.8. The first-order chi connectivity index (χ1) is 10.8. The quantitative estimate of drug-likeness (QED) is 0.622. The highest BCUT2D eigenvalue weighted by atomic mass is 16.5. The predicted octanol–water partition coefficient (Wildman–Crippen LogP) is 3.70. The Kier molecular flexibility index (Phi) is 2.86. The number of benzene rings is 1. The lowest BCUT2D eigenvalue weighted by Crippen LogP contribution is -1.82. The molecule has 0 saturated carbocycles. The number of H-pyrrole nitrogens is 1. The molecule has 0 saturated heterocycles. The van der Waals surface area contributed by atoms with Crippen molar-refractivity contribution in [3.8, 4) is 34.4 Å². The molecule has 0 aliphatic rings. The summed E-state index contributed by atoms with van der Waals surface area (Å²) in [6.45, 7) is 2.02. The van der Waals surface area contributed by atoms with E-state index in [1.807, 2.05) is 49.4 Å². The normalized spacial score (nSPS) is 11.0. The van der Waals surface area contributed by atoms with Gasteiger partial charge in [-0.15, -0.1) is 0 Å². The highest BCUT2D eigenvalue weighted by molar-refractivity contribution is 5.62. The lowest BCUT2D eigenvalue weighted by molar-refractivity contribution is 0.431. The van der Waals surface area contributed by atoms with E-state index in [4.69, 9.17) is 8.94 Å². The van der Waals surface area contributed by atoms with Gasteiger partial charge in [-0.05, 0) is 25.1 Å². The van der Waals surface area contributed by atoms with Crippen molar-refractivity contribution in [2.45, 2.75) is 6.92 Å². The summed E-state index contributed by atoms with van der Waals surface area (Å²) in [5.41, 5.74) is 3.40. The van der Waals surface area contributed by atoms with Crippen molar-refractivity contribution < 1.29 is 8.94 Å². The maximum absolute atomic E-state index is 5.31. The molecule has 6 heteroatoms. The van der Waals surface area contributed by atoms with Crippen molar-refractivity contribution in [2.24, 2.45) is 0 Å². The molecule has 22 heavy (non-hydrogen) atoms. The number of furan rings is 1. The highest BCUT2D eigenvalue weighted by Gasteiger charge is 2.14. The fraction of sp³-hybridized carbons (Fsp3) is 0.0625. The van der Waals surface area contributed by atoms with E-state index < -0.39 is 0 Å². The zero-order valence-electron chi connectivity index (χ0n) is 11.8. The van der Waals surface area contributed by atoms with Crippen molar-refractivity contribution in [1.82, 2.24) is 20.3 Å². The van der Waals surface area contributed by atoms with Crippen LogP contribution in [-0.4, -0.2) is 20.3 Å². The Bertz CT molecular complexity index is 906. The van der Waals surface area contributed by atoms with Crippen LogP contribution in [0.25, 0.3) is 34.4 Å². The molecule has 3 heterocycles. The Labute approximate surface area is 125 Å². The summed E-state index contributed by atoms with van der Waals surface area (Å²) in [5.74, 6) is 1.62. The molecule has 0 aliphatic carbocycles. The van der Waals surface area contributed by atoms with Crippen molar-refractivity contribution in [3.63, 3.8) is 0 Å². The minimum atomic E-state index is 0.391. The summed E-state index contributed by atoms with van der Waals surface area (Å²) in [4.78, 5) is 4.41. The molecule has 0 fully saturated rings. The van der Waals surface area contributed by atoms with Crippen LogP contribution >= 0.6 is 0 Å². The number of rotatable bonds is 3. The topological polar surface area (TPSA) is 80.7 Å². The second-order valence-electron chi connectivity index (χ2n) is 4.94. The molecule has 6 nitrogen and oxygen atoms in total. The van der Waals surface area contributed by atoms with Gasteiger partial charge in [-0.2, -0.15) is 10.1 Å². The number of hydrogen-bond acceptors (Lipinski definition) is 5. The third kappa shape index (κ3) is 2.20. The van der Waals surface area contributed by atoms with Gasteiger partial charge in [-0.1, -0.05) is 28.9 Å². The standard InChI is InChI=1S/C16H12N4O2/c1-10-4-2-5-11(8-10)15-17-16(22-20-15)13-9-12(18-19-13)14-6-3-7-21-14/h2-9H,1H3,(H,18,19). The van der Waals surface area contributed by atoms with Crippen molar-refractivity contribution >= 4 is 0 Å². The van der Waals surface area contributed by atoms with Crippen molar-refractivity contribution in [2.75, 3.05) is 0 Å². The minimum absolute atomic E-state index is 0.391. The molecule has 4 rings (SSSR count). The molecule has 0 radical (unpaired) electrons. The van der Waals surface area contributed by atoms with Gasteiger partial charge in [0.1, 0.15) is 11.4 Å². The van der Waals surface area contributed by atoms with Gasteiger partial charge in [0.2, 0.25) is 5.82 Å². The van der Waals surface area contributed by atoms with Gasteiger partial charge in [-0.3, -0.25) is 5.10 Å². The second-order valence-corrected chi connectivity index (χ2v) is 4.94. The summed E-state index contributed by atoms with van der Waals surface area (Å²) in [7, 11) is 0. The Morgan fingerprint density at radius 3 is 2.86 bits per heavy atom. The Morgan fingerprint density at radius 1 is 1.09 bits per heavy atom. The number of aryl methyl sites for hydroxylation is 1. The summed E-state index contributed by atoms with van der Waals surface area (Å²) in [6, 6.07) is 13.4. The molecule has 4 aromatic rings. The maximum atomic E-state index is 5.31. The van der Waals surface area contributed by atoms with E-state index in [-0.39, 0.29) is 0 Å². The number of nitrogens with zero attached hydrogens (tertiary/aromatic N) is 3. The van der Waals surface area contributed by atoms with Gasteiger partial charge < -0.3 is 8.94 Å². The Hall–Kier alpha value is -3.15. The molecule has 0 aliphatic heterocycles. The minimum Gasteiger partial charge on any atom is -0.463 e. The average Bonchev–Trinajstić information content (AvgIpc) is 3.27. The SMILES string of the molecule is Cc1cccc(-c2noc(-c3cc(-c4ccco4)n[nH]3)n2)c1. The van der Waals surface area contributed by atoms with Gasteiger partial charge in [0.25, 0.3) is 5.89 Å². The molecule has 0 spiro atoms. The molecule has 0 unspecified atom stereocenters. The Morgan fingerprint density at radius 2 is 2.05 bits per heavy atom. The molecule has 108 valence electrons. The van der Waals surface area contributed by atoms with Crippen LogP contribution in [0.4, 0.5) is 0 Å². The van der Waals surface area contributed by atoms with Crippen LogP contribution in [0.5, 0.6) is 0 Å². The lowest BCUT2D eigenvalue weighted by Gasteiger charge is -1.94. The van der Waals surface area contributed by atoms with E-state index in [0.717, 1.165) is 11.1 Å². The van der Waals surface area contributed by atoms with Crippen LogP contribution in [0.3, 0.4) is 0 Å². The van der Waals surface area contributed by atoms with E-state index in [2.05, 4.69) is 20.3 Å². The molecular formula is C16H12N4O2. The number of aromatic nitrogens is 4. The van der Waals surface area contributed by atoms with E-state index in [9.17, 15) is 0 Å². The van der Waals surface area contributed by atoms with Crippen LogP contribution in [0, 0.1) is 6.92 Å². The molecule has 3 aromatic heterocycles. The fourth-order valence-corrected chi connectivity index (χ4v) is 2.22. The number of nitrogens with one attached hydrogen (secondary N) is 1. The van der Waals surface area contributed by atoms with Gasteiger partial charge in [0.05, 0.1) is 6.26 Å². The van der Waals surface area contributed by atoms with E-state index in [1.165, 1.54) is 0 Å². The highest BCUT2D eigenvalue weighted by Crippen LogP contribution is 2.25. The first kappa shape index (κ1) is 12.6. The number of hydrogen-bond donors (Lipinski definition) is 1. The van der Waals surface area contributed by atoms with Crippen molar-refractivity contribution in [3.05, 3.63) is 54.3 Å². The summed E-state index contributed by atoms with van der Waals surface area (Å²) in [6.07, 6.45) is 1.60. The molecule has 1 N–H and O–H groups in total. The van der Waals surface area contributed by atoms with E-state index >= 15 is 0 Å². The molecule has 1 aromatic carbocycles. The van der Waals surface area contributed by atoms with Gasteiger partial charge >= 0.3 is 0 Å². The first-order valence-electron chi connectivity index (χ1n) is 6.80. The predicted molar refractivity (Wildman–Crippen MR) is 79.8 cm³/mol. The monoisotopic (exact) mass is 292 g/mol. The maximum Gasteiger partial charge on any atom is 0.276 e. The summed E-state index contributed by atoms with van der Waals surface area (Å²) in [5, 5.41) is 11.1. The molecular weight excluding hydrogens is 280 g/mol. The van der Waals surface area contributed by atoms with Gasteiger partial charge in [-0.25, -0.2) is 0 Å². The summed E-state index contributed by atoms with van der Waals surface area (Å²) >= 11 is 0. The van der Waals surface area contributed by atoms with Crippen LogP contribution in [0.2, 0.25) is 0 Å². The molecule has 0 bridgehead atoms. The Balaban J connectivity index is 1.67. The fourth-order valence-electron chi connectivity index (χ4n) is 2.22. The second kappa shape index (κ2) is 5.00. The lowest BCUT2D eigenvalue weighted by atomic mass is 10.1. The third-order valence-corrected chi connectivity index (χ3v) is 3.28. The summed E-state index contributed by atoms with van der Waals surface area (Å²) < 4.78 is 10.6. The van der Waals surface area contributed by atoms with Gasteiger partial charge in [0.15, 0.2) is 5.76 Å².